The van der Waals surface area contributed by atoms with Gasteiger partial charge in [-0.15, -0.1) is 24.8 Å². The number of aryl methyl sites for hydroxylation is 2. The van der Waals surface area contributed by atoms with Gasteiger partial charge in [0.25, 0.3) is 0 Å². The fourth-order valence-corrected chi connectivity index (χ4v) is 3.74. The van der Waals surface area contributed by atoms with Crippen molar-refractivity contribution >= 4 is 34.7 Å². The van der Waals surface area contributed by atoms with Gasteiger partial charge in [0.05, 0.1) is 17.2 Å². The Morgan fingerprint density at radius 2 is 2.17 bits per heavy atom. The molecule has 1 aromatic heterocycles. The molecule has 1 aromatic rings. The second kappa shape index (κ2) is 6.75. The highest BCUT2D eigenvalue weighted by Crippen LogP contribution is 2.12. The van der Waals surface area contributed by atoms with Crippen molar-refractivity contribution in [3.63, 3.8) is 0 Å². The summed E-state index contributed by atoms with van der Waals surface area (Å²) in [6.45, 7) is 2.66. The maximum Gasteiger partial charge on any atom is 0.151 e. The largest absolute Gasteiger partial charge is 0.309 e. The monoisotopic (exact) mass is 315 g/mol. The molecule has 2 heterocycles. The highest BCUT2D eigenvalue weighted by Gasteiger charge is 2.27. The average molecular weight is 316 g/mol. The first-order chi connectivity index (χ1) is 7.46. The predicted molar refractivity (Wildman–Crippen MR) is 76.3 cm³/mol. The van der Waals surface area contributed by atoms with Crippen molar-refractivity contribution in [2.75, 3.05) is 11.5 Å². The van der Waals surface area contributed by atoms with Crippen LogP contribution in [-0.4, -0.2) is 35.7 Å². The number of nitrogens with zero attached hydrogens (tertiary/aromatic N) is 2. The minimum absolute atomic E-state index is 0. The van der Waals surface area contributed by atoms with Gasteiger partial charge in [0.15, 0.2) is 9.84 Å². The molecule has 1 saturated heterocycles. The molecule has 1 fully saturated rings. The third kappa shape index (κ3) is 4.42. The van der Waals surface area contributed by atoms with E-state index >= 15 is 0 Å². The molecule has 0 spiro atoms. The van der Waals surface area contributed by atoms with Gasteiger partial charge in [-0.2, -0.15) is 5.10 Å². The van der Waals surface area contributed by atoms with E-state index in [1.807, 2.05) is 20.2 Å². The van der Waals surface area contributed by atoms with Gasteiger partial charge in [0.1, 0.15) is 0 Å². The summed E-state index contributed by atoms with van der Waals surface area (Å²) in [6.07, 6.45) is 2.69. The number of hydrogen-bond donors (Lipinski definition) is 1. The Morgan fingerprint density at radius 1 is 1.50 bits per heavy atom. The van der Waals surface area contributed by atoms with E-state index in [2.05, 4.69) is 10.4 Å². The number of nitrogens with one attached hydrogen (secondary N) is 1. The number of sulfone groups is 1. The third-order valence-electron chi connectivity index (χ3n) is 2.93. The fourth-order valence-electron chi connectivity index (χ4n) is 2.03. The molecule has 1 aliphatic rings. The molecule has 0 saturated carbocycles. The first kappa shape index (κ1) is 17.7. The van der Waals surface area contributed by atoms with E-state index < -0.39 is 9.84 Å². The molecule has 1 N–H and O–H groups in total. The first-order valence-corrected chi connectivity index (χ1v) is 7.21. The normalized spacial score (nSPS) is 21.1. The minimum atomic E-state index is -2.79. The van der Waals surface area contributed by atoms with Crippen LogP contribution in [0, 0.1) is 6.92 Å². The topological polar surface area (TPSA) is 64.0 Å². The van der Waals surface area contributed by atoms with Crippen molar-refractivity contribution in [2.24, 2.45) is 7.05 Å². The lowest BCUT2D eigenvalue weighted by Crippen LogP contribution is -2.29. The summed E-state index contributed by atoms with van der Waals surface area (Å²) in [5, 5.41) is 7.52. The Kier molecular flexibility index (Phi) is 6.63. The molecule has 0 radical (unpaired) electrons. The van der Waals surface area contributed by atoms with E-state index in [1.54, 1.807) is 4.68 Å². The zero-order valence-corrected chi connectivity index (χ0v) is 12.9. The van der Waals surface area contributed by atoms with Gasteiger partial charge in [-0.1, -0.05) is 0 Å². The lowest BCUT2D eigenvalue weighted by molar-refractivity contribution is 0.553. The minimum Gasteiger partial charge on any atom is -0.309 e. The molecule has 18 heavy (non-hydrogen) atoms. The summed E-state index contributed by atoms with van der Waals surface area (Å²) in [7, 11) is -0.903. The van der Waals surface area contributed by atoms with Crippen LogP contribution in [0.5, 0.6) is 0 Å². The second-order valence-corrected chi connectivity index (χ2v) is 6.62. The van der Waals surface area contributed by atoms with Crippen molar-refractivity contribution in [3.8, 4) is 0 Å². The SMILES string of the molecule is Cc1nn(C)cc1CNC1CCS(=O)(=O)C1.Cl.Cl. The van der Waals surface area contributed by atoms with Crippen LogP contribution in [0.3, 0.4) is 0 Å². The van der Waals surface area contributed by atoms with Gasteiger partial charge in [-0.3, -0.25) is 4.68 Å². The quantitative estimate of drug-likeness (QED) is 0.898. The van der Waals surface area contributed by atoms with Crippen LogP contribution in [0.4, 0.5) is 0 Å². The van der Waals surface area contributed by atoms with Crippen LogP contribution in [0.1, 0.15) is 17.7 Å². The Bertz CT molecular complexity index is 487. The molecule has 1 aliphatic heterocycles. The number of halogens is 2. The Balaban J connectivity index is 0.00000144. The van der Waals surface area contributed by atoms with Crippen molar-refractivity contribution in [1.82, 2.24) is 15.1 Å². The Hall–Kier alpha value is -0.300. The lowest BCUT2D eigenvalue weighted by atomic mass is 10.2. The highest BCUT2D eigenvalue weighted by atomic mass is 35.5. The van der Waals surface area contributed by atoms with E-state index in [0.717, 1.165) is 17.7 Å². The number of rotatable bonds is 3. The molecule has 106 valence electrons. The van der Waals surface area contributed by atoms with Gasteiger partial charge < -0.3 is 5.32 Å². The van der Waals surface area contributed by atoms with Crippen LogP contribution in [0.2, 0.25) is 0 Å². The molecule has 0 aromatic carbocycles. The summed E-state index contributed by atoms with van der Waals surface area (Å²) < 4.78 is 24.3. The Morgan fingerprint density at radius 3 is 2.61 bits per heavy atom. The number of hydrogen-bond acceptors (Lipinski definition) is 4. The molecule has 1 unspecified atom stereocenters. The van der Waals surface area contributed by atoms with Crippen molar-refractivity contribution in [1.29, 1.82) is 0 Å². The summed E-state index contributed by atoms with van der Waals surface area (Å²) in [4.78, 5) is 0. The van der Waals surface area contributed by atoms with Crippen LogP contribution >= 0.6 is 24.8 Å². The maximum absolute atomic E-state index is 11.3. The Labute approximate surface area is 120 Å². The van der Waals surface area contributed by atoms with Crippen molar-refractivity contribution in [3.05, 3.63) is 17.5 Å². The lowest BCUT2D eigenvalue weighted by Gasteiger charge is -2.09. The molecule has 0 amide bonds. The zero-order valence-electron chi connectivity index (χ0n) is 10.4. The summed E-state index contributed by atoms with van der Waals surface area (Å²) in [5.74, 6) is 0.586. The molecular weight excluding hydrogens is 297 g/mol. The van der Waals surface area contributed by atoms with Crippen LogP contribution < -0.4 is 5.32 Å². The zero-order chi connectivity index (χ0) is 11.8. The van der Waals surface area contributed by atoms with E-state index in [1.165, 1.54) is 0 Å². The maximum atomic E-state index is 11.3. The van der Waals surface area contributed by atoms with Gasteiger partial charge in [0, 0.05) is 31.4 Å². The van der Waals surface area contributed by atoms with Crippen LogP contribution in [0.25, 0.3) is 0 Å². The van der Waals surface area contributed by atoms with E-state index in [0.29, 0.717) is 12.3 Å². The van der Waals surface area contributed by atoms with Gasteiger partial charge in [0.2, 0.25) is 0 Å². The molecule has 0 aliphatic carbocycles. The van der Waals surface area contributed by atoms with Gasteiger partial charge >= 0.3 is 0 Å². The van der Waals surface area contributed by atoms with Gasteiger partial charge in [-0.25, -0.2) is 8.42 Å². The molecule has 0 bridgehead atoms. The highest BCUT2D eigenvalue weighted by molar-refractivity contribution is 7.91. The van der Waals surface area contributed by atoms with E-state index in [4.69, 9.17) is 0 Å². The van der Waals surface area contributed by atoms with Gasteiger partial charge in [-0.05, 0) is 13.3 Å². The summed E-state index contributed by atoms with van der Waals surface area (Å²) >= 11 is 0. The molecule has 2 rings (SSSR count). The third-order valence-corrected chi connectivity index (χ3v) is 4.70. The molecule has 1 atom stereocenters. The first-order valence-electron chi connectivity index (χ1n) is 5.39. The standard InChI is InChI=1S/C10H17N3O2S.2ClH/c1-8-9(6-13(2)12-8)5-11-10-3-4-16(14,15)7-10;;/h6,10-11H,3-5,7H2,1-2H3;2*1H. The fraction of sp³-hybridized carbons (Fsp3) is 0.700. The van der Waals surface area contributed by atoms with Crippen LogP contribution in [-0.2, 0) is 23.4 Å². The van der Waals surface area contributed by atoms with E-state index in [-0.39, 0.29) is 36.6 Å². The summed E-state index contributed by atoms with van der Waals surface area (Å²) in [5.41, 5.74) is 2.13. The summed E-state index contributed by atoms with van der Waals surface area (Å²) in [6, 6.07) is 0.101. The molecular formula is C10H19Cl2N3O2S. The average Bonchev–Trinajstić information content (AvgIpc) is 2.66. The van der Waals surface area contributed by atoms with Crippen molar-refractivity contribution < 1.29 is 8.42 Å². The smallest absolute Gasteiger partial charge is 0.151 e. The number of aromatic nitrogens is 2. The predicted octanol–water partition coefficient (Wildman–Crippen LogP) is 0.849. The van der Waals surface area contributed by atoms with Crippen molar-refractivity contribution in [2.45, 2.75) is 25.9 Å². The molecule has 5 nitrogen and oxygen atoms in total. The van der Waals surface area contributed by atoms with Crippen LogP contribution in [0.15, 0.2) is 6.20 Å². The van der Waals surface area contributed by atoms with E-state index in [9.17, 15) is 8.42 Å². The molecule has 8 heteroatoms. The second-order valence-electron chi connectivity index (χ2n) is 4.39.